The van der Waals surface area contributed by atoms with E-state index in [1.807, 2.05) is 6.20 Å². The van der Waals surface area contributed by atoms with Crippen molar-refractivity contribution < 1.29 is 0 Å². The first-order valence-corrected chi connectivity index (χ1v) is 4.64. The molecule has 1 nitrogen and oxygen atoms in total. The van der Waals surface area contributed by atoms with Gasteiger partial charge in [-0.3, -0.25) is 0 Å². The van der Waals surface area contributed by atoms with Crippen LogP contribution in [0.3, 0.4) is 0 Å². The van der Waals surface area contributed by atoms with Crippen molar-refractivity contribution in [2.75, 3.05) is 0 Å². The van der Waals surface area contributed by atoms with E-state index in [2.05, 4.69) is 27.2 Å². The van der Waals surface area contributed by atoms with Gasteiger partial charge in [-0.25, -0.2) is 0 Å². The Balaban J connectivity index is 2.32. The molecule has 2 radical (unpaired) electrons. The summed E-state index contributed by atoms with van der Waals surface area (Å²) in [5.41, 5.74) is 2.38. The van der Waals surface area contributed by atoms with E-state index in [1.54, 1.807) is 0 Å². The molecule has 0 fully saturated rings. The minimum atomic E-state index is 1.03. The van der Waals surface area contributed by atoms with Crippen LogP contribution in [0.15, 0.2) is 12.3 Å². The molecule has 2 heteroatoms. The summed E-state index contributed by atoms with van der Waals surface area (Å²) in [6.07, 6.45) is 6.99. The van der Waals surface area contributed by atoms with Crippen LogP contribution in [0.1, 0.15) is 31.7 Å². The molecule has 1 aromatic rings. The highest BCUT2D eigenvalue weighted by Gasteiger charge is 1.97. The molecule has 0 amide bonds. The fourth-order valence-electron chi connectivity index (χ4n) is 1.16. The second-order valence-corrected chi connectivity index (χ2v) is 3.26. The van der Waals surface area contributed by atoms with Crippen LogP contribution >= 0.6 is 9.24 Å². The van der Waals surface area contributed by atoms with Gasteiger partial charge in [0, 0.05) is 15.4 Å². The summed E-state index contributed by atoms with van der Waals surface area (Å²) in [6, 6.07) is 2.11. The molecule has 11 heavy (non-hydrogen) atoms. The molecular formula is C9H14NP. The quantitative estimate of drug-likeness (QED) is 0.524. The molecule has 0 spiro atoms. The molecule has 0 aliphatic carbocycles. The highest BCUT2D eigenvalue weighted by atomic mass is 31.0. The smallest absolute Gasteiger partial charge is 0.0519 e. The van der Waals surface area contributed by atoms with E-state index in [9.17, 15) is 0 Å². The van der Waals surface area contributed by atoms with Gasteiger partial charge < -0.3 is 4.98 Å². The number of rotatable bonds is 4. The zero-order valence-corrected chi connectivity index (χ0v) is 7.82. The lowest BCUT2D eigenvalue weighted by atomic mass is 10.1. The van der Waals surface area contributed by atoms with E-state index < -0.39 is 0 Å². The Hall–Kier alpha value is -0.290. The lowest BCUT2D eigenvalue weighted by Crippen LogP contribution is -1.98. The van der Waals surface area contributed by atoms with Crippen LogP contribution < -0.4 is 5.44 Å². The molecule has 1 heterocycles. The highest BCUT2D eigenvalue weighted by molar-refractivity contribution is 7.27. The normalized spacial score (nSPS) is 10.4. The second-order valence-electron chi connectivity index (χ2n) is 2.81. The molecule has 0 atom stereocenters. The predicted molar refractivity (Wildman–Crippen MR) is 50.6 cm³/mol. The summed E-state index contributed by atoms with van der Waals surface area (Å²) in [6.45, 7) is 2.22. The fraction of sp³-hybridized carbons (Fsp3) is 0.556. The molecule has 0 aromatic carbocycles. The van der Waals surface area contributed by atoms with Crippen molar-refractivity contribution in [3.63, 3.8) is 0 Å². The molecule has 0 bridgehead atoms. The topological polar surface area (TPSA) is 15.8 Å². The Bertz CT molecular complexity index is 205. The van der Waals surface area contributed by atoms with Crippen LogP contribution in [0.2, 0.25) is 0 Å². The maximum absolute atomic E-state index is 4.30. The molecule has 1 rings (SSSR count). The van der Waals surface area contributed by atoms with Crippen molar-refractivity contribution in [1.82, 2.24) is 4.98 Å². The number of H-pyrrole nitrogens is 1. The zero-order valence-electron chi connectivity index (χ0n) is 6.93. The van der Waals surface area contributed by atoms with Crippen molar-refractivity contribution in [1.29, 1.82) is 0 Å². The summed E-state index contributed by atoms with van der Waals surface area (Å²) in [5.74, 6) is 0. The van der Waals surface area contributed by atoms with Crippen molar-refractivity contribution in [2.24, 2.45) is 0 Å². The molecule has 0 unspecified atom stereocenters. The van der Waals surface area contributed by atoms with E-state index in [0.717, 1.165) is 11.9 Å². The first-order valence-electron chi connectivity index (χ1n) is 4.19. The van der Waals surface area contributed by atoms with E-state index in [-0.39, 0.29) is 0 Å². The van der Waals surface area contributed by atoms with Gasteiger partial charge in [-0.15, -0.1) is 0 Å². The van der Waals surface area contributed by atoms with Crippen molar-refractivity contribution in [3.05, 3.63) is 17.8 Å². The molecule has 0 saturated heterocycles. The Morgan fingerprint density at radius 2 is 2.27 bits per heavy atom. The standard InChI is InChI=1S/C9H14NP/c1-2-3-4-5-8-6-7-10-9(8)11/h6-7,10H,2-5H2,1H3. The van der Waals surface area contributed by atoms with Crippen LogP contribution in [0.25, 0.3) is 0 Å². The number of hydrogen-bond acceptors (Lipinski definition) is 0. The molecule has 1 N–H and O–H groups in total. The van der Waals surface area contributed by atoms with E-state index in [1.165, 1.54) is 24.8 Å². The van der Waals surface area contributed by atoms with Crippen molar-refractivity contribution >= 4 is 14.7 Å². The first-order chi connectivity index (χ1) is 5.34. The third kappa shape index (κ3) is 2.67. The minimum Gasteiger partial charge on any atom is -0.361 e. The number of aryl methyl sites for hydroxylation is 1. The summed E-state index contributed by atoms with van der Waals surface area (Å²) in [7, 11) is 4.30. The first kappa shape index (κ1) is 8.80. The average molecular weight is 167 g/mol. The summed E-state index contributed by atoms with van der Waals surface area (Å²) >= 11 is 0. The zero-order chi connectivity index (χ0) is 8.10. The third-order valence-electron chi connectivity index (χ3n) is 1.86. The van der Waals surface area contributed by atoms with Gasteiger partial charge in [-0.1, -0.05) is 19.8 Å². The van der Waals surface area contributed by atoms with Gasteiger partial charge in [0.05, 0.1) is 5.44 Å². The SMILES string of the molecule is CCCCCc1cc[nH]c1[P]. The highest BCUT2D eigenvalue weighted by Crippen LogP contribution is 2.05. The monoisotopic (exact) mass is 167 g/mol. The van der Waals surface area contributed by atoms with Crippen LogP contribution in [-0.2, 0) is 6.42 Å². The summed E-state index contributed by atoms with van der Waals surface area (Å²) in [5, 5.41) is 0. The van der Waals surface area contributed by atoms with Gasteiger partial charge in [-0.2, -0.15) is 0 Å². The second kappa shape index (κ2) is 4.56. The Morgan fingerprint density at radius 3 is 2.82 bits per heavy atom. The van der Waals surface area contributed by atoms with E-state index in [0.29, 0.717) is 0 Å². The molecule has 60 valence electrons. The number of nitrogens with one attached hydrogen (secondary N) is 1. The minimum absolute atomic E-state index is 1.03. The van der Waals surface area contributed by atoms with Crippen molar-refractivity contribution in [2.45, 2.75) is 32.6 Å². The molecule has 1 aromatic heterocycles. The van der Waals surface area contributed by atoms with Crippen LogP contribution in [0, 0.1) is 0 Å². The number of hydrogen-bond donors (Lipinski definition) is 1. The van der Waals surface area contributed by atoms with Crippen LogP contribution in [-0.4, -0.2) is 4.98 Å². The lowest BCUT2D eigenvalue weighted by Gasteiger charge is -1.96. The maximum Gasteiger partial charge on any atom is 0.0519 e. The Kier molecular flexibility index (Phi) is 3.65. The van der Waals surface area contributed by atoms with Gasteiger partial charge in [0.25, 0.3) is 0 Å². The summed E-state index contributed by atoms with van der Waals surface area (Å²) in [4.78, 5) is 3.06. The van der Waals surface area contributed by atoms with Crippen LogP contribution in [0.4, 0.5) is 0 Å². The van der Waals surface area contributed by atoms with E-state index in [4.69, 9.17) is 0 Å². The predicted octanol–water partition coefficient (Wildman–Crippen LogP) is 2.78. The average Bonchev–Trinajstić information content (AvgIpc) is 2.37. The number of unbranched alkanes of at least 4 members (excludes halogenated alkanes) is 2. The van der Waals surface area contributed by atoms with Gasteiger partial charge in [0.1, 0.15) is 0 Å². The van der Waals surface area contributed by atoms with E-state index >= 15 is 0 Å². The Morgan fingerprint density at radius 1 is 1.45 bits per heavy atom. The third-order valence-corrected chi connectivity index (χ3v) is 2.27. The maximum atomic E-state index is 4.30. The van der Waals surface area contributed by atoms with Gasteiger partial charge in [0.2, 0.25) is 0 Å². The molecule has 0 aliphatic rings. The van der Waals surface area contributed by atoms with Gasteiger partial charge in [0.15, 0.2) is 0 Å². The number of aromatic amines is 1. The number of aromatic nitrogens is 1. The van der Waals surface area contributed by atoms with Crippen molar-refractivity contribution in [3.8, 4) is 0 Å². The fourth-order valence-corrected chi connectivity index (χ4v) is 1.42. The Labute approximate surface area is 70.8 Å². The van der Waals surface area contributed by atoms with Gasteiger partial charge in [-0.05, 0) is 24.5 Å². The van der Waals surface area contributed by atoms with Gasteiger partial charge >= 0.3 is 0 Å². The molecule has 0 saturated carbocycles. The molecular weight excluding hydrogens is 153 g/mol. The lowest BCUT2D eigenvalue weighted by molar-refractivity contribution is 0.719. The summed E-state index contributed by atoms with van der Waals surface area (Å²) < 4.78 is 0. The largest absolute Gasteiger partial charge is 0.361 e. The van der Waals surface area contributed by atoms with Crippen LogP contribution in [0.5, 0.6) is 0 Å². The molecule has 0 aliphatic heterocycles.